The number of hydrogen-bond donors (Lipinski definition) is 2. The predicted octanol–water partition coefficient (Wildman–Crippen LogP) is 2.87. The molecule has 0 spiro atoms. The molecule has 9 heteroatoms. The van der Waals surface area contributed by atoms with E-state index < -0.39 is 17.3 Å². The maximum atomic E-state index is 12.9. The van der Waals surface area contributed by atoms with Gasteiger partial charge < -0.3 is 16.4 Å². The van der Waals surface area contributed by atoms with Gasteiger partial charge in [0.25, 0.3) is 5.56 Å². The van der Waals surface area contributed by atoms with Crippen molar-refractivity contribution in [2.75, 3.05) is 38.5 Å². The third-order valence-corrected chi connectivity index (χ3v) is 8.10. The van der Waals surface area contributed by atoms with Gasteiger partial charge in [-0.2, -0.15) is 0 Å². The SMILES string of the molecule is Cn1c(=O)cc(N)n(-c2ccc(C(N)C(=O)CCCN3CCN(C(c4ccccc4)c4ccccc4)CC3)cc2)c1=O. The van der Waals surface area contributed by atoms with Gasteiger partial charge in [0.1, 0.15) is 5.82 Å². The zero-order valence-corrected chi connectivity index (χ0v) is 23.9. The van der Waals surface area contributed by atoms with Crippen molar-refractivity contribution >= 4 is 11.6 Å². The smallest absolute Gasteiger partial charge is 0.336 e. The van der Waals surface area contributed by atoms with E-state index in [9.17, 15) is 14.4 Å². The molecule has 4 aromatic rings. The van der Waals surface area contributed by atoms with Crippen LogP contribution in [-0.2, 0) is 11.8 Å². The molecule has 2 heterocycles. The summed E-state index contributed by atoms with van der Waals surface area (Å²) in [6.45, 7) is 4.66. The number of nitrogen functional groups attached to an aromatic ring is 1. The molecule has 0 radical (unpaired) electrons. The van der Waals surface area contributed by atoms with E-state index in [2.05, 4.69) is 70.5 Å². The second kappa shape index (κ2) is 13.1. The van der Waals surface area contributed by atoms with E-state index in [1.165, 1.54) is 28.8 Å². The lowest BCUT2D eigenvalue weighted by Crippen LogP contribution is -2.48. The second-order valence-electron chi connectivity index (χ2n) is 10.8. The molecule has 0 amide bonds. The van der Waals surface area contributed by atoms with Gasteiger partial charge in [0, 0.05) is 45.7 Å². The lowest BCUT2D eigenvalue weighted by atomic mass is 9.96. The number of ketones is 1. The predicted molar refractivity (Wildman–Crippen MR) is 166 cm³/mol. The Morgan fingerprint density at radius 1 is 0.810 bits per heavy atom. The van der Waals surface area contributed by atoms with E-state index in [-0.39, 0.29) is 17.6 Å². The number of nitrogens with zero attached hydrogens (tertiary/aromatic N) is 4. The molecule has 1 aliphatic rings. The number of anilines is 1. The Labute approximate surface area is 245 Å². The van der Waals surface area contributed by atoms with Crippen molar-refractivity contribution < 1.29 is 4.79 Å². The van der Waals surface area contributed by atoms with Crippen LogP contribution in [0.1, 0.15) is 41.6 Å². The van der Waals surface area contributed by atoms with Crippen LogP contribution in [0.15, 0.2) is 101 Å². The summed E-state index contributed by atoms with van der Waals surface area (Å²) >= 11 is 0. The fourth-order valence-corrected chi connectivity index (χ4v) is 5.68. The van der Waals surface area contributed by atoms with E-state index in [1.807, 2.05) is 0 Å². The number of carbonyl (C=O) groups excluding carboxylic acids is 1. The first-order valence-corrected chi connectivity index (χ1v) is 14.4. The number of carbonyl (C=O) groups is 1. The van der Waals surface area contributed by atoms with Crippen LogP contribution in [0.2, 0.25) is 0 Å². The number of hydrogen-bond acceptors (Lipinski definition) is 7. The van der Waals surface area contributed by atoms with Crippen LogP contribution in [0.5, 0.6) is 0 Å². The van der Waals surface area contributed by atoms with Crippen molar-refractivity contribution in [1.29, 1.82) is 0 Å². The Morgan fingerprint density at radius 3 is 1.95 bits per heavy atom. The van der Waals surface area contributed by atoms with Crippen LogP contribution in [-0.4, -0.2) is 57.4 Å². The molecule has 1 atom stereocenters. The van der Waals surface area contributed by atoms with Crippen LogP contribution < -0.4 is 22.7 Å². The van der Waals surface area contributed by atoms with Gasteiger partial charge in [-0.05, 0) is 41.8 Å². The lowest BCUT2D eigenvalue weighted by Gasteiger charge is -2.39. The monoisotopic (exact) mass is 566 g/mol. The molecular formula is C33H38N6O3. The van der Waals surface area contributed by atoms with Gasteiger partial charge in [0.15, 0.2) is 5.78 Å². The van der Waals surface area contributed by atoms with Gasteiger partial charge in [0.2, 0.25) is 0 Å². The van der Waals surface area contributed by atoms with Gasteiger partial charge >= 0.3 is 5.69 Å². The molecule has 1 saturated heterocycles. The Bertz CT molecular complexity index is 1570. The maximum Gasteiger partial charge on any atom is 0.336 e. The van der Waals surface area contributed by atoms with E-state index >= 15 is 0 Å². The van der Waals surface area contributed by atoms with Gasteiger partial charge in [-0.15, -0.1) is 0 Å². The molecule has 1 fully saturated rings. The Hall–Kier alpha value is -4.31. The minimum Gasteiger partial charge on any atom is -0.385 e. The molecule has 0 aliphatic carbocycles. The van der Waals surface area contributed by atoms with Gasteiger partial charge in [-0.3, -0.25) is 19.1 Å². The van der Waals surface area contributed by atoms with Crippen molar-refractivity contribution in [3.05, 3.63) is 129 Å². The Balaban J connectivity index is 1.13. The summed E-state index contributed by atoms with van der Waals surface area (Å²) in [5.41, 5.74) is 15.0. The van der Waals surface area contributed by atoms with Crippen molar-refractivity contribution in [1.82, 2.24) is 18.9 Å². The van der Waals surface area contributed by atoms with Gasteiger partial charge in [0.05, 0.1) is 17.8 Å². The second-order valence-corrected chi connectivity index (χ2v) is 10.8. The van der Waals surface area contributed by atoms with Crippen molar-refractivity contribution in [3.8, 4) is 5.69 Å². The summed E-state index contributed by atoms with van der Waals surface area (Å²) in [7, 11) is 1.40. The first-order valence-electron chi connectivity index (χ1n) is 14.4. The largest absolute Gasteiger partial charge is 0.385 e. The molecule has 1 aliphatic heterocycles. The summed E-state index contributed by atoms with van der Waals surface area (Å²) in [6, 6.07) is 28.8. The number of benzene rings is 3. The summed E-state index contributed by atoms with van der Waals surface area (Å²) in [5, 5.41) is 0. The first-order chi connectivity index (χ1) is 20.3. The molecule has 218 valence electrons. The molecular weight excluding hydrogens is 528 g/mol. The molecule has 0 saturated carbocycles. The first kappa shape index (κ1) is 29.2. The van der Waals surface area contributed by atoms with E-state index in [0.29, 0.717) is 17.7 Å². The third-order valence-electron chi connectivity index (χ3n) is 8.10. The lowest BCUT2D eigenvalue weighted by molar-refractivity contribution is -0.120. The molecule has 1 unspecified atom stereocenters. The van der Waals surface area contributed by atoms with Crippen molar-refractivity contribution in [2.24, 2.45) is 12.8 Å². The summed E-state index contributed by atoms with van der Waals surface area (Å²) in [4.78, 5) is 42.2. The molecule has 3 aromatic carbocycles. The number of rotatable bonds is 10. The van der Waals surface area contributed by atoms with E-state index in [4.69, 9.17) is 11.5 Å². The highest BCUT2D eigenvalue weighted by Crippen LogP contribution is 2.29. The number of aromatic nitrogens is 2. The van der Waals surface area contributed by atoms with Gasteiger partial charge in [-0.1, -0.05) is 72.8 Å². The van der Waals surface area contributed by atoms with Gasteiger partial charge in [-0.25, -0.2) is 9.36 Å². The summed E-state index contributed by atoms with van der Waals surface area (Å²) in [5.74, 6) is 0.0288. The van der Waals surface area contributed by atoms with Crippen LogP contribution in [0.25, 0.3) is 5.69 Å². The minimum absolute atomic E-state index is 0.0200. The quantitative estimate of drug-likeness (QED) is 0.303. The van der Waals surface area contributed by atoms with Crippen molar-refractivity contribution in [3.63, 3.8) is 0 Å². The maximum absolute atomic E-state index is 12.9. The molecule has 9 nitrogen and oxygen atoms in total. The molecule has 1 aromatic heterocycles. The van der Waals surface area contributed by atoms with Crippen LogP contribution in [0, 0.1) is 0 Å². The standard InChI is InChI=1S/C33H38N6O3/c1-36-30(41)23-29(34)39(33(36)42)27-16-14-24(15-17-27)31(35)28(40)13-8-18-37-19-21-38(22-20-37)32(25-9-4-2-5-10-25)26-11-6-3-7-12-26/h2-7,9-12,14-17,23,31-32H,8,13,18-22,34-35H2,1H3. The van der Waals surface area contributed by atoms with Crippen molar-refractivity contribution in [2.45, 2.75) is 24.9 Å². The number of piperazine rings is 1. The zero-order chi connectivity index (χ0) is 29.6. The fraction of sp³-hybridized carbons (Fsp3) is 0.303. The van der Waals surface area contributed by atoms with Crippen LogP contribution in [0.3, 0.4) is 0 Å². The average molecular weight is 567 g/mol. The highest BCUT2D eigenvalue weighted by molar-refractivity contribution is 5.85. The molecule has 0 bridgehead atoms. The highest BCUT2D eigenvalue weighted by atomic mass is 16.2. The third kappa shape index (κ3) is 6.44. The zero-order valence-electron chi connectivity index (χ0n) is 23.9. The van der Waals surface area contributed by atoms with E-state index in [1.54, 1.807) is 24.3 Å². The van der Waals surface area contributed by atoms with Crippen LogP contribution in [0.4, 0.5) is 5.82 Å². The fourth-order valence-electron chi connectivity index (χ4n) is 5.68. The number of Topliss-reactive ketones (excluding diaryl/α,β-unsaturated/α-hetero) is 1. The number of nitrogens with two attached hydrogens (primary N) is 2. The Morgan fingerprint density at radius 2 is 1.38 bits per heavy atom. The van der Waals surface area contributed by atoms with E-state index in [0.717, 1.165) is 43.7 Å². The summed E-state index contributed by atoms with van der Waals surface area (Å²) in [6.07, 6.45) is 1.14. The minimum atomic E-state index is -0.748. The average Bonchev–Trinajstić information content (AvgIpc) is 3.02. The molecule has 5 rings (SSSR count). The Kier molecular flexibility index (Phi) is 9.12. The summed E-state index contributed by atoms with van der Waals surface area (Å²) < 4.78 is 2.24. The normalized spacial score (nSPS) is 15.1. The molecule has 4 N–H and O–H groups in total. The molecule has 42 heavy (non-hydrogen) atoms. The topological polar surface area (TPSA) is 120 Å². The van der Waals surface area contributed by atoms with Crippen LogP contribution >= 0.6 is 0 Å². The highest BCUT2D eigenvalue weighted by Gasteiger charge is 2.26.